The molecule has 4 rings (SSSR count). The molecule has 2 saturated heterocycles. The van der Waals surface area contributed by atoms with Gasteiger partial charge in [-0.2, -0.15) is 0 Å². The molecule has 29 heavy (non-hydrogen) atoms. The van der Waals surface area contributed by atoms with E-state index in [9.17, 15) is 9.59 Å². The summed E-state index contributed by atoms with van der Waals surface area (Å²) in [5.74, 6) is 1.74. The fourth-order valence-electron chi connectivity index (χ4n) is 5.28. The summed E-state index contributed by atoms with van der Waals surface area (Å²) in [5.41, 5.74) is 0.964. The van der Waals surface area contributed by atoms with Crippen LogP contribution in [0, 0.1) is 11.8 Å². The molecule has 0 bridgehead atoms. The maximum Gasteiger partial charge on any atom is 0.228 e. The number of carbonyl (C=O) groups is 2. The Morgan fingerprint density at radius 1 is 0.897 bits per heavy atom. The number of hydrogen-bond donors (Lipinski definition) is 0. The van der Waals surface area contributed by atoms with Gasteiger partial charge in [-0.3, -0.25) is 9.59 Å². The van der Waals surface area contributed by atoms with Crippen molar-refractivity contribution in [1.29, 1.82) is 0 Å². The standard InChI is InChI=1S/C23H32N2O4/c1-28-17-9-10-21(29-2)18(13-17)19-14-25(22(26)16-7-3-4-8-16)15-20(19)23(27)24-11-5-6-12-24/h9-10,13,16,19-20H,3-8,11-12,14-15H2,1-2H3/t19-,20-/m0/s1. The zero-order chi connectivity index (χ0) is 20.4. The smallest absolute Gasteiger partial charge is 0.228 e. The Kier molecular flexibility index (Phi) is 5.97. The second-order valence-corrected chi connectivity index (χ2v) is 8.58. The van der Waals surface area contributed by atoms with E-state index >= 15 is 0 Å². The maximum absolute atomic E-state index is 13.4. The van der Waals surface area contributed by atoms with Gasteiger partial charge in [-0.25, -0.2) is 0 Å². The fourth-order valence-corrected chi connectivity index (χ4v) is 5.28. The third kappa shape index (κ3) is 3.94. The van der Waals surface area contributed by atoms with Gasteiger partial charge in [0, 0.05) is 43.6 Å². The summed E-state index contributed by atoms with van der Waals surface area (Å²) in [5, 5.41) is 0. The summed E-state index contributed by atoms with van der Waals surface area (Å²) in [6.07, 6.45) is 6.36. The molecule has 0 aromatic heterocycles. The molecule has 2 aliphatic heterocycles. The highest BCUT2D eigenvalue weighted by Gasteiger charge is 2.44. The Bertz CT molecular complexity index is 753. The number of hydrogen-bond acceptors (Lipinski definition) is 4. The molecule has 3 fully saturated rings. The van der Waals surface area contributed by atoms with Gasteiger partial charge >= 0.3 is 0 Å². The van der Waals surface area contributed by atoms with Crippen LogP contribution >= 0.6 is 0 Å². The van der Waals surface area contributed by atoms with E-state index in [-0.39, 0.29) is 29.6 Å². The summed E-state index contributed by atoms with van der Waals surface area (Å²) in [4.78, 5) is 30.5. The number of rotatable bonds is 5. The third-order valence-corrected chi connectivity index (χ3v) is 6.91. The highest BCUT2D eigenvalue weighted by atomic mass is 16.5. The van der Waals surface area contributed by atoms with Crippen LogP contribution in [-0.2, 0) is 9.59 Å². The predicted octanol–water partition coefficient (Wildman–Crippen LogP) is 3.06. The molecule has 2 heterocycles. The lowest BCUT2D eigenvalue weighted by atomic mass is 9.87. The molecule has 2 amide bonds. The summed E-state index contributed by atoms with van der Waals surface area (Å²) >= 11 is 0. The number of carbonyl (C=O) groups excluding carboxylic acids is 2. The van der Waals surface area contributed by atoms with Crippen molar-refractivity contribution in [1.82, 2.24) is 9.80 Å². The average Bonchev–Trinajstić information content (AvgIpc) is 3.53. The van der Waals surface area contributed by atoms with Crippen LogP contribution < -0.4 is 9.47 Å². The van der Waals surface area contributed by atoms with Crippen LogP contribution in [0.4, 0.5) is 0 Å². The molecule has 1 aromatic rings. The van der Waals surface area contributed by atoms with Gasteiger partial charge in [0.1, 0.15) is 11.5 Å². The van der Waals surface area contributed by atoms with Crippen LogP contribution in [0.3, 0.4) is 0 Å². The van der Waals surface area contributed by atoms with Crippen molar-refractivity contribution in [3.63, 3.8) is 0 Å². The van der Waals surface area contributed by atoms with E-state index in [0.717, 1.165) is 68.7 Å². The van der Waals surface area contributed by atoms with E-state index < -0.39 is 0 Å². The second-order valence-electron chi connectivity index (χ2n) is 8.58. The number of methoxy groups -OCH3 is 2. The highest BCUT2D eigenvalue weighted by Crippen LogP contribution is 2.41. The van der Waals surface area contributed by atoms with Crippen LogP contribution in [0.5, 0.6) is 11.5 Å². The van der Waals surface area contributed by atoms with Crippen LogP contribution in [0.1, 0.15) is 50.0 Å². The van der Waals surface area contributed by atoms with Gasteiger partial charge in [0.15, 0.2) is 0 Å². The number of likely N-dealkylation sites (tertiary alicyclic amines) is 2. The number of amides is 2. The molecule has 3 aliphatic rings. The third-order valence-electron chi connectivity index (χ3n) is 6.91. The molecular formula is C23H32N2O4. The quantitative estimate of drug-likeness (QED) is 0.762. The van der Waals surface area contributed by atoms with Crippen LogP contribution in [0.25, 0.3) is 0 Å². The molecule has 0 N–H and O–H groups in total. The normalized spacial score (nSPS) is 24.9. The molecule has 1 aliphatic carbocycles. The topological polar surface area (TPSA) is 59.1 Å². The largest absolute Gasteiger partial charge is 0.497 e. The number of benzene rings is 1. The number of nitrogens with zero attached hydrogens (tertiary/aromatic N) is 2. The van der Waals surface area contributed by atoms with Gasteiger partial charge < -0.3 is 19.3 Å². The van der Waals surface area contributed by atoms with Crippen molar-refractivity contribution in [2.24, 2.45) is 11.8 Å². The van der Waals surface area contributed by atoms with Crippen molar-refractivity contribution in [2.75, 3.05) is 40.4 Å². The average molecular weight is 401 g/mol. The van der Waals surface area contributed by atoms with Crippen LogP contribution in [0.15, 0.2) is 18.2 Å². The zero-order valence-corrected chi connectivity index (χ0v) is 17.6. The van der Waals surface area contributed by atoms with Gasteiger partial charge in [0.2, 0.25) is 11.8 Å². The molecule has 6 nitrogen and oxygen atoms in total. The minimum Gasteiger partial charge on any atom is -0.497 e. The Labute approximate surface area is 173 Å². The van der Waals surface area contributed by atoms with Crippen molar-refractivity contribution < 1.29 is 19.1 Å². The monoisotopic (exact) mass is 400 g/mol. The van der Waals surface area contributed by atoms with Crippen molar-refractivity contribution in [3.05, 3.63) is 23.8 Å². The predicted molar refractivity (Wildman–Crippen MR) is 110 cm³/mol. The number of ether oxygens (including phenoxy) is 2. The van der Waals surface area contributed by atoms with E-state index in [2.05, 4.69) is 0 Å². The first kappa shape index (κ1) is 20.0. The van der Waals surface area contributed by atoms with Crippen molar-refractivity contribution in [2.45, 2.75) is 44.4 Å². The van der Waals surface area contributed by atoms with E-state index in [0.29, 0.717) is 13.1 Å². The van der Waals surface area contributed by atoms with Gasteiger partial charge in [0.05, 0.1) is 20.1 Å². The lowest BCUT2D eigenvalue weighted by molar-refractivity contribution is -0.136. The van der Waals surface area contributed by atoms with Gasteiger partial charge in [-0.1, -0.05) is 12.8 Å². The van der Waals surface area contributed by atoms with Gasteiger partial charge in [-0.15, -0.1) is 0 Å². The lowest BCUT2D eigenvalue weighted by Crippen LogP contribution is -2.38. The Hall–Kier alpha value is -2.24. The fraction of sp³-hybridized carbons (Fsp3) is 0.652. The SMILES string of the molecule is COc1ccc(OC)c([C@@H]2CN(C(=O)C3CCCC3)C[C@@H]2C(=O)N2CCCC2)c1. The minimum absolute atomic E-state index is 0.0708. The first-order valence-corrected chi connectivity index (χ1v) is 10.9. The summed E-state index contributed by atoms with van der Waals surface area (Å²) in [6.45, 7) is 2.74. The molecule has 1 saturated carbocycles. The molecule has 0 unspecified atom stereocenters. The molecule has 2 atom stereocenters. The van der Waals surface area contributed by atoms with E-state index in [4.69, 9.17) is 9.47 Å². The molecule has 1 aromatic carbocycles. The van der Waals surface area contributed by atoms with E-state index in [1.807, 2.05) is 28.0 Å². The Morgan fingerprint density at radius 2 is 1.62 bits per heavy atom. The Balaban J connectivity index is 1.64. The molecule has 0 radical (unpaired) electrons. The minimum atomic E-state index is -0.223. The van der Waals surface area contributed by atoms with E-state index in [1.54, 1.807) is 14.2 Å². The zero-order valence-electron chi connectivity index (χ0n) is 17.6. The Morgan fingerprint density at radius 3 is 2.28 bits per heavy atom. The van der Waals surface area contributed by atoms with Crippen molar-refractivity contribution in [3.8, 4) is 11.5 Å². The van der Waals surface area contributed by atoms with Crippen LogP contribution in [0.2, 0.25) is 0 Å². The van der Waals surface area contributed by atoms with E-state index in [1.165, 1.54) is 0 Å². The highest BCUT2D eigenvalue weighted by molar-refractivity contribution is 5.84. The first-order chi connectivity index (χ1) is 14.1. The summed E-state index contributed by atoms with van der Waals surface area (Å²) in [6, 6.07) is 5.74. The summed E-state index contributed by atoms with van der Waals surface area (Å²) < 4.78 is 11.1. The summed E-state index contributed by atoms with van der Waals surface area (Å²) in [7, 11) is 3.29. The second kappa shape index (κ2) is 8.64. The van der Waals surface area contributed by atoms with Gasteiger partial charge in [-0.05, 0) is 43.9 Å². The van der Waals surface area contributed by atoms with Crippen molar-refractivity contribution >= 4 is 11.8 Å². The molecule has 158 valence electrons. The van der Waals surface area contributed by atoms with Gasteiger partial charge in [0.25, 0.3) is 0 Å². The maximum atomic E-state index is 13.4. The molecular weight excluding hydrogens is 368 g/mol. The molecule has 0 spiro atoms. The molecule has 6 heteroatoms. The first-order valence-electron chi connectivity index (χ1n) is 10.9. The lowest BCUT2D eigenvalue weighted by Gasteiger charge is -2.25. The van der Waals surface area contributed by atoms with Crippen LogP contribution in [-0.4, -0.2) is 62.0 Å².